The second-order valence-electron chi connectivity index (χ2n) is 6.76. The number of rotatable bonds is 3. The number of hydrogen-bond acceptors (Lipinski definition) is 3. The van der Waals surface area contributed by atoms with Crippen molar-refractivity contribution >= 4 is 33.2 Å². The summed E-state index contributed by atoms with van der Waals surface area (Å²) in [4.78, 5) is 15.5. The van der Waals surface area contributed by atoms with Gasteiger partial charge in [0.2, 0.25) is 0 Å². The summed E-state index contributed by atoms with van der Waals surface area (Å²) >= 11 is 3.60. The molecule has 3 aromatic rings. The summed E-state index contributed by atoms with van der Waals surface area (Å²) in [6, 6.07) is 14.8. The third kappa shape index (κ3) is 3.04. The topological polar surface area (TPSA) is 17.1 Å². The highest BCUT2D eigenvalue weighted by Gasteiger charge is 2.22. The van der Waals surface area contributed by atoms with Crippen LogP contribution in [0, 0.1) is 5.92 Å². The molecular formula is C22H22OS2. The highest BCUT2D eigenvalue weighted by Crippen LogP contribution is 2.35. The van der Waals surface area contributed by atoms with E-state index < -0.39 is 0 Å². The first-order chi connectivity index (χ1) is 12.2. The highest BCUT2D eigenvalue weighted by molar-refractivity contribution is 7.98. The lowest BCUT2D eigenvalue weighted by Gasteiger charge is -2.22. The van der Waals surface area contributed by atoms with Crippen LogP contribution in [0.3, 0.4) is 0 Å². The van der Waals surface area contributed by atoms with Gasteiger partial charge >= 0.3 is 0 Å². The number of benzene rings is 2. The number of hydrogen-bond donors (Lipinski definition) is 0. The summed E-state index contributed by atoms with van der Waals surface area (Å²) < 4.78 is 1.13. The third-order valence-electron chi connectivity index (χ3n) is 5.34. The van der Waals surface area contributed by atoms with Gasteiger partial charge in [0.05, 0.1) is 0 Å². The lowest BCUT2D eigenvalue weighted by molar-refractivity contribution is 0.448. The Labute approximate surface area is 157 Å². The molecule has 0 radical (unpaired) electrons. The average molecular weight is 367 g/mol. The SMILES string of the molecule is CCC1CCc2c(sc3cc(-c4ccccc4SC)ccc3c2=O)C1. The molecule has 0 saturated carbocycles. The van der Waals surface area contributed by atoms with Gasteiger partial charge in [-0.2, -0.15) is 0 Å². The van der Waals surface area contributed by atoms with Crippen molar-refractivity contribution in [2.45, 2.75) is 37.5 Å². The van der Waals surface area contributed by atoms with Crippen molar-refractivity contribution in [1.29, 1.82) is 0 Å². The molecule has 1 aliphatic carbocycles. The monoisotopic (exact) mass is 366 g/mol. The van der Waals surface area contributed by atoms with Gasteiger partial charge in [0.15, 0.2) is 5.43 Å². The Morgan fingerprint density at radius 1 is 1.20 bits per heavy atom. The van der Waals surface area contributed by atoms with Crippen molar-refractivity contribution in [2.24, 2.45) is 5.92 Å². The van der Waals surface area contributed by atoms with E-state index in [-0.39, 0.29) is 5.43 Å². The third-order valence-corrected chi connectivity index (χ3v) is 7.36. The predicted molar refractivity (Wildman–Crippen MR) is 111 cm³/mol. The molecule has 0 saturated heterocycles. The molecule has 1 atom stereocenters. The van der Waals surface area contributed by atoms with E-state index in [1.807, 2.05) is 17.4 Å². The zero-order valence-electron chi connectivity index (χ0n) is 14.7. The van der Waals surface area contributed by atoms with Crippen LogP contribution in [0.25, 0.3) is 21.2 Å². The van der Waals surface area contributed by atoms with Gasteiger partial charge in [0.1, 0.15) is 0 Å². The van der Waals surface area contributed by atoms with Crippen molar-refractivity contribution < 1.29 is 0 Å². The van der Waals surface area contributed by atoms with Gasteiger partial charge in [0, 0.05) is 25.4 Å². The first kappa shape index (κ1) is 16.9. The summed E-state index contributed by atoms with van der Waals surface area (Å²) in [6.45, 7) is 2.26. The Morgan fingerprint density at radius 2 is 2.04 bits per heavy atom. The highest BCUT2D eigenvalue weighted by atomic mass is 32.2. The van der Waals surface area contributed by atoms with Crippen LogP contribution >= 0.6 is 23.1 Å². The van der Waals surface area contributed by atoms with E-state index >= 15 is 0 Å². The van der Waals surface area contributed by atoms with E-state index in [4.69, 9.17) is 0 Å². The summed E-state index contributed by atoms with van der Waals surface area (Å²) in [5.74, 6) is 0.737. The maximum Gasteiger partial charge on any atom is 0.191 e. The lowest BCUT2D eigenvalue weighted by atomic mass is 9.86. The van der Waals surface area contributed by atoms with Crippen molar-refractivity contribution in [1.82, 2.24) is 0 Å². The molecule has 1 heterocycles. The Morgan fingerprint density at radius 3 is 2.84 bits per heavy atom. The number of fused-ring (bicyclic) bond motifs is 2. The first-order valence-electron chi connectivity index (χ1n) is 8.93. The second-order valence-corrected chi connectivity index (χ2v) is 8.75. The molecule has 1 unspecified atom stereocenters. The Hall–Kier alpha value is -1.58. The molecule has 0 fully saturated rings. The molecule has 25 heavy (non-hydrogen) atoms. The van der Waals surface area contributed by atoms with Crippen LogP contribution in [0.2, 0.25) is 0 Å². The molecule has 1 aliphatic rings. The molecule has 2 aromatic carbocycles. The van der Waals surface area contributed by atoms with Crippen LogP contribution in [-0.2, 0) is 12.8 Å². The summed E-state index contributed by atoms with van der Waals surface area (Å²) in [6.07, 6.45) is 6.51. The molecular weight excluding hydrogens is 344 g/mol. The maximum atomic E-state index is 12.9. The molecule has 128 valence electrons. The Kier molecular flexibility index (Phi) is 4.70. The fraction of sp³-hybridized carbons (Fsp3) is 0.318. The standard InChI is InChI=1S/C22H22OS2/c1-3-14-8-10-17-20(12-14)25-21-13-15(9-11-18(21)22(17)23)16-6-4-5-7-19(16)24-2/h4-7,9,11,13-14H,3,8,10,12H2,1-2H3. The van der Waals surface area contributed by atoms with Gasteiger partial charge in [-0.1, -0.05) is 37.6 Å². The quantitative estimate of drug-likeness (QED) is 0.516. The molecule has 1 aromatic heterocycles. The molecule has 4 rings (SSSR count). The normalized spacial score (nSPS) is 16.8. The van der Waals surface area contributed by atoms with Gasteiger partial charge in [-0.3, -0.25) is 4.79 Å². The van der Waals surface area contributed by atoms with E-state index in [9.17, 15) is 4.79 Å². The van der Waals surface area contributed by atoms with Crippen molar-refractivity contribution in [3.63, 3.8) is 0 Å². The molecule has 0 amide bonds. The second kappa shape index (κ2) is 6.97. The lowest BCUT2D eigenvalue weighted by Crippen LogP contribution is -2.20. The molecule has 0 spiro atoms. The van der Waals surface area contributed by atoms with Crippen LogP contribution in [0.1, 0.15) is 30.2 Å². The van der Waals surface area contributed by atoms with Gasteiger partial charge in [-0.25, -0.2) is 0 Å². The largest absolute Gasteiger partial charge is 0.289 e. The van der Waals surface area contributed by atoms with Crippen molar-refractivity contribution in [3.05, 3.63) is 63.1 Å². The minimum atomic E-state index is 0.267. The summed E-state index contributed by atoms with van der Waals surface area (Å²) in [5, 5.41) is 0.893. The fourth-order valence-corrected chi connectivity index (χ4v) is 5.79. The van der Waals surface area contributed by atoms with E-state index in [1.54, 1.807) is 11.8 Å². The van der Waals surface area contributed by atoms with Gasteiger partial charge in [-0.15, -0.1) is 23.1 Å². The Balaban J connectivity index is 1.87. The molecule has 0 bridgehead atoms. The van der Waals surface area contributed by atoms with E-state index in [1.165, 1.54) is 27.3 Å². The van der Waals surface area contributed by atoms with Gasteiger partial charge < -0.3 is 0 Å². The van der Waals surface area contributed by atoms with Crippen LogP contribution < -0.4 is 5.43 Å². The van der Waals surface area contributed by atoms with E-state index in [0.717, 1.165) is 40.8 Å². The maximum absolute atomic E-state index is 12.9. The van der Waals surface area contributed by atoms with Crippen LogP contribution in [0.15, 0.2) is 52.2 Å². The number of thioether (sulfide) groups is 1. The first-order valence-corrected chi connectivity index (χ1v) is 11.0. The zero-order chi connectivity index (χ0) is 17.4. The smallest absolute Gasteiger partial charge is 0.191 e. The van der Waals surface area contributed by atoms with Crippen molar-refractivity contribution in [3.8, 4) is 11.1 Å². The van der Waals surface area contributed by atoms with E-state index in [0.29, 0.717) is 0 Å². The summed E-state index contributed by atoms with van der Waals surface area (Å²) in [5.41, 5.74) is 3.80. The minimum Gasteiger partial charge on any atom is -0.289 e. The van der Waals surface area contributed by atoms with E-state index in [2.05, 4.69) is 49.6 Å². The molecule has 1 nitrogen and oxygen atoms in total. The van der Waals surface area contributed by atoms with Crippen LogP contribution in [-0.4, -0.2) is 6.26 Å². The zero-order valence-corrected chi connectivity index (χ0v) is 16.3. The van der Waals surface area contributed by atoms with Crippen molar-refractivity contribution in [2.75, 3.05) is 6.26 Å². The van der Waals surface area contributed by atoms with Crippen LogP contribution in [0.4, 0.5) is 0 Å². The minimum absolute atomic E-state index is 0.267. The Bertz CT molecular complexity index is 987. The fourth-order valence-electron chi connectivity index (χ4n) is 3.81. The van der Waals surface area contributed by atoms with Gasteiger partial charge in [0.25, 0.3) is 0 Å². The predicted octanol–water partition coefficient (Wildman–Crippen LogP) is 6.17. The summed E-state index contributed by atoms with van der Waals surface area (Å²) in [7, 11) is 0. The molecule has 0 N–H and O–H groups in total. The molecule has 0 aliphatic heterocycles. The molecule has 3 heteroatoms. The van der Waals surface area contributed by atoms with Crippen LogP contribution in [0.5, 0.6) is 0 Å². The average Bonchev–Trinajstić information content (AvgIpc) is 2.67. The van der Waals surface area contributed by atoms with Gasteiger partial charge in [-0.05, 0) is 60.8 Å².